The molecule has 8 aromatic carbocycles. The number of rotatable bonds is 32. The third-order valence-corrected chi connectivity index (χ3v) is 38.4. The zero-order valence-corrected chi connectivity index (χ0v) is 82.8. The second-order valence-electron chi connectivity index (χ2n) is 41.7. The summed E-state index contributed by atoms with van der Waals surface area (Å²) < 4.78 is 192. The van der Waals surface area contributed by atoms with Crippen LogP contribution < -0.4 is 18.9 Å². The fourth-order valence-corrected chi connectivity index (χ4v) is 25.2. The maximum Gasteiger partial charge on any atom is 0.328 e. The maximum absolute atomic E-state index is 15.7. The first kappa shape index (κ1) is 102. The van der Waals surface area contributed by atoms with Crippen LogP contribution in [-0.2, 0) is 18.3 Å². The Labute approximate surface area is 775 Å². The molecule has 0 heterocycles. The predicted octanol–water partition coefficient (Wildman–Crippen LogP) is 31.3. The molecule has 714 valence electrons. The molecule has 8 aromatic rings. The molecule has 22 heteroatoms. The maximum atomic E-state index is 15.7. The number of hydrogen-bond donors (Lipinski definition) is 2. The van der Waals surface area contributed by atoms with E-state index >= 15 is 8.78 Å². The fourth-order valence-electron chi connectivity index (χ4n) is 21.2. The van der Waals surface area contributed by atoms with Crippen molar-refractivity contribution in [1.29, 1.82) is 0 Å². The molecule has 2 N–H and O–H groups in total. The van der Waals surface area contributed by atoms with Gasteiger partial charge < -0.3 is 37.9 Å². The highest BCUT2D eigenvalue weighted by Crippen LogP contribution is 2.68. The zero-order valence-electron chi connectivity index (χ0n) is 79.3. The molecule has 10 nitrogen and oxygen atoms in total. The molecule has 16 rings (SSSR count). The Balaban J connectivity index is 0.000000149. The van der Waals surface area contributed by atoms with Gasteiger partial charge in [-0.15, -0.1) is 0 Å². The quantitative estimate of drug-likeness (QED) is 0.0309. The average molecular weight is 1890 g/mol. The number of benzene rings is 8. The first-order valence-electron chi connectivity index (χ1n) is 48.3. The molecule has 0 saturated heterocycles. The van der Waals surface area contributed by atoms with Gasteiger partial charge in [-0.1, -0.05) is 126 Å². The zero-order chi connectivity index (χ0) is 94.3. The van der Waals surface area contributed by atoms with Crippen molar-refractivity contribution < 1.29 is 82.1 Å². The number of ether oxygens (including phenoxy) is 4. The summed E-state index contributed by atoms with van der Waals surface area (Å²) in [6.45, 7) is 24.1. The number of hydrogen-bond acceptors (Lipinski definition) is 8. The number of halogens is 8. The summed E-state index contributed by atoms with van der Waals surface area (Å²) in [5.41, 5.74) is 7.55. The summed E-state index contributed by atoms with van der Waals surface area (Å²) in [7, 11) is -13.6. The van der Waals surface area contributed by atoms with Crippen molar-refractivity contribution in [2.24, 2.45) is 47.3 Å². The summed E-state index contributed by atoms with van der Waals surface area (Å²) in [6.07, 6.45) is 23.1. The third-order valence-electron chi connectivity index (χ3n) is 30.4. The molecule has 0 radical (unpaired) electrons. The van der Waals surface area contributed by atoms with Gasteiger partial charge in [0.25, 0.3) is 7.37 Å². The molecule has 8 aliphatic rings. The predicted molar refractivity (Wildman–Crippen MR) is 517 cm³/mol. The van der Waals surface area contributed by atoms with Crippen LogP contribution in [0.25, 0.3) is 0 Å². The summed E-state index contributed by atoms with van der Waals surface area (Å²) in [4.78, 5) is 19.7. The van der Waals surface area contributed by atoms with E-state index in [0.29, 0.717) is 91.2 Å². The van der Waals surface area contributed by atoms with Crippen LogP contribution in [0.2, 0.25) is 0 Å². The summed E-state index contributed by atoms with van der Waals surface area (Å²) >= 11 is 0. The van der Waals surface area contributed by atoms with Crippen LogP contribution in [0.5, 0.6) is 23.0 Å². The van der Waals surface area contributed by atoms with E-state index in [1.165, 1.54) is 32.3 Å². The minimum absolute atomic E-state index is 0.0599. The van der Waals surface area contributed by atoms with Crippen molar-refractivity contribution in [3.8, 4) is 23.0 Å². The lowest BCUT2D eigenvalue weighted by molar-refractivity contribution is 0.0388. The van der Waals surface area contributed by atoms with Crippen LogP contribution in [-0.4, -0.2) is 98.3 Å². The van der Waals surface area contributed by atoms with E-state index in [1.807, 2.05) is 138 Å². The Bertz CT molecular complexity index is 4950. The van der Waals surface area contributed by atoms with Gasteiger partial charge in [0.2, 0.25) is 7.37 Å². The van der Waals surface area contributed by atoms with Gasteiger partial charge >= 0.3 is 5.66 Å². The van der Waals surface area contributed by atoms with Gasteiger partial charge in [-0.25, -0.2) is 26.3 Å². The summed E-state index contributed by atoms with van der Waals surface area (Å²) in [5.74, 6) is 4.05. The van der Waals surface area contributed by atoms with Crippen molar-refractivity contribution in [3.05, 3.63) is 260 Å². The molecule has 0 aromatic heterocycles. The molecule has 9 atom stereocenters. The molecule has 0 amide bonds. The van der Waals surface area contributed by atoms with Crippen LogP contribution in [0.15, 0.2) is 170 Å². The molecular formula is C109H142F8O10P4. The largest absolute Gasteiger partial charge is 0.493 e. The van der Waals surface area contributed by atoms with E-state index in [-0.39, 0.29) is 70.4 Å². The number of alkyl halides is 4. The van der Waals surface area contributed by atoms with Crippen LogP contribution >= 0.6 is 29.0 Å². The Morgan fingerprint density at radius 1 is 0.328 bits per heavy atom. The van der Waals surface area contributed by atoms with Crippen molar-refractivity contribution in [2.45, 2.75) is 272 Å². The van der Waals surface area contributed by atoms with Gasteiger partial charge in [-0.2, -0.15) is 8.78 Å². The highest BCUT2D eigenvalue weighted by Gasteiger charge is 2.59. The van der Waals surface area contributed by atoms with Crippen molar-refractivity contribution >= 4 is 29.0 Å². The SMILES string of the molecule is Cc1ccc(F)c(C2CCC(COc3cccc([C@H](C4CC4)C(F)(F)P(C)(=O)O)c3)CC2)c1.Cc1ccc(F)c(C2CCC(COc3cccc([C@H](C4CC4)[C@@](C)(F)P(C)(=O)O)c3)CC2)c1.Cc1ccc(F)c(C2CCC(COc3cccc([C@H](C4CC4)[C@@](C)(F)P(C)(C)=O)c3)CC2)c1.Cc1ccc(F)c(C2CCC(COc3cccc([C@H](C4CC4)[C@H](C)P(C)(C)=O)c3)CC2)c1. The van der Waals surface area contributed by atoms with Gasteiger partial charge in [-0.05, 0) is 417 Å². The van der Waals surface area contributed by atoms with Crippen LogP contribution in [0.1, 0.15) is 289 Å². The minimum Gasteiger partial charge on any atom is -0.493 e. The topological polar surface area (TPSA) is 146 Å². The van der Waals surface area contributed by atoms with E-state index in [1.54, 1.807) is 67.9 Å². The first-order valence-corrected chi connectivity index (χ1v) is 57.8. The molecule has 0 bridgehead atoms. The molecular weight excluding hydrogens is 1750 g/mol. The molecule has 8 saturated carbocycles. The smallest absolute Gasteiger partial charge is 0.328 e. The van der Waals surface area contributed by atoms with Gasteiger partial charge in [-0.3, -0.25) is 9.13 Å². The van der Waals surface area contributed by atoms with Crippen molar-refractivity contribution in [3.63, 3.8) is 0 Å². The van der Waals surface area contributed by atoms with Crippen LogP contribution in [0.4, 0.5) is 35.1 Å². The van der Waals surface area contributed by atoms with E-state index in [2.05, 4.69) is 25.1 Å². The molecule has 8 aliphatic carbocycles. The normalized spacial score (nSPS) is 24.4. The standard InChI is InChI=1S/C28H37F2O2P.C28H38FO2P.C27H35F2O3P.C26H32F3O3P/c1-19-8-15-26(29)25(16-19)21-11-9-20(10-12-21)18-32-24-7-5-6-23(17-24)27(22-13-14-22)28(2,30)33(3,4)31;1-19-8-15-27(29)26(16-19)22-11-9-21(10-12-22)18-31-25-7-5-6-24(17-25)28(23-13-14-23)20(2)32(3,4)30;1-18-7-14-25(28)24(15-18)20-10-8-19(9-11-20)17-32-23-6-4-5-22(16-23)26(21-12-13-21)27(2,29)33(3,30)31;1-17-6-13-24(27)23(14-17)19-9-7-18(8-10-19)16-32-22-5-3-4-21(15-22)25(20-11-12-20)26(28,29)33(2,30)31/h5-8,15-17,20-22,27H,9-14,18H2,1-4H3;5-8,15-17,20-23,28H,9-14,18H2,1-4H3;4-7,14-16,19-21,26H,8-13,17H2,1-3H3,(H,30,31);3-6,13-15,18-20,25H,7-12,16H2,1-2H3,(H,30,31)/t20?,21?,27-,28-;20-,21?,22?,28-;19?,20?,26-,27-;18?,19?,25-/m0000/s1. The lowest BCUT2D eigenvalue weighted by Gasteiger charge is -2.34. The minimum atomic E-state index is -4.60. The Hall–Kier alpha value is -6.76. The highest BCUT2D eigenvalue weighted by atomic mass is 31.2. The highest BCUT2D eigenvalue weighted by molar-refractivity contribution is 7.64. The third kappa shape index (κ3) is 26.7. The molecule has 8 fully saturated rings. The fraction of sp³-hybridized carbons (Fsp3) is 0.560. The van der Waals surface area contributed by atoms with Gasteiger partial charge in [0, 0.05) is 30.8 Å². The number of aryl methyl sites for hydroxylation is 4. The monoisotopic (exact) mass is 1890 g/mol. The molecule has 2 unspecified atom stereocenters. The van der Waals surface area contributed by atoms with E-state index in [9.17, 15) is 54.4 Å². The molecule has 131 heavy (non-hydrogen) atoms. The van der Waals surface area contributed by atoms with Gasteiger partial charge in [0.1, 0.15) is 53.4 Å². The van der Waals surface area contributed by atoms with Gasteiger partial charge in [0.15, 0.2) is 10.8 Å². The second-order valence-corrected chi connectivity index (χ2v) is 54.0. The lowest BCUT2D eigenvalue weighted by Crippen LogP contribution is -2.29. The average Bonchev–Trinajstić information content (AvgIpc) is 1.66. The Morgan fingerprint density at radius 2 is 0.580 bits per heavy atom. The van der Waals surface area contributed by atoms with E-state index in [4.69, 9.17) is 18.9 Å². The second kappa shape index (κ2) is 43.3. The molecule has 0 aliphatic heterocycles. The van der Waals surface area contributed by atoms with E-state index < -0.39 is 57.3 Å². The van der Waals surface area contributed by atoms with Gasteiger partial charge in [0.05, 0.1) is 39.5 Å². The molecule has 0 spiro atoms. The van der Waals surface area contributed by atoms with Crippen molar-refractivity contribution in [1.82, 2.24) is 0 Å². The summed E-state index contributed by atoms with van der Waals surface area (Å²) in [5, 5.41) is -3.90. The Morgan fingerprint density at radius 3 is 0.832 bits per heavy atom. The Kier molecular flexibility index (Phi) is 33.6. The lowest BCUT2D eigenvalue weighted by atomic mass is 9.78. The van der Waals surface area contributed by atoms with Crippen molar-refractivity contribution in [2.75, 3.05) is 66.4 Å². The van der Waals surface area contributed by atoms with Crippen LogP contribution in [0, 0.1) is 98.3 Å². The van der Waals surface area contributed by atoms with E-state index in [0.717, 1.165) is 215 Å². The first-order chi connectivity index (χ1) is 61.9. The summed E-state index contributed by atoms with van der Waals surface area (Å²) in [6, 6.07) is 51.7. The van der Waals surface area contributed by atoms with Crippen LogP contribution in [0.3, 0.4) is 0 Å².